The van der Waals surface area contributed by atoms with Crippen molar-refractivity contribution >= 4 is 41.5 Å². The Morgan fingerprint density at radius 2 is 1.86 bits per heavy atom. The van der Waals surface area contributed by atoms with Crippen LogP contribution in [0.2, 0.25) is 0 Å². The van der Waals surface area contributed by atoms with Crippen LogP contribution in [0.15, 0.2) is 53.5 Å². The molecule has 2 aromatic carbocycles. The largest absolute Gasteiger partial charge is 0.497 e. The number of nitrogens with two attached hydrogens (primary N) is 1. The van der Waals surface area contributed by atoms with Gasteiger partial charge in [-0.1, -0.05) is 38.1 Å². The van der Waals surface area contributed by atoms with E-state index in [1.54, 1.807) is 7.11 Å². The quantitative estimate of drug-likeness (QED) is 0.271. The fraction of sp³-hybridized carbons (Fsp3) is 0.364. The molecule has 0 radical (unpaired) electrons. The molecule has 0 aliphatic carbocycles. The fourth-order valence-electron chi connectivity index (χ4n) is 2.69. The predicted molar refractivity (Wildman–Crippen MR) is 130 cm³/mol. The molecule has 2 rings (SSSR count). The van der Waals surface area contributed by atoms with E-state index in [0.717, 1.165) is 23.4 Å². The van der Waals surface area contributed by atoms with Gasteiger partial charge in [0.2, 0.25) is 5.91 Å². The Kier molecular flexibility index (Phi) is 11.1. The SMILES string of the molecule is COc1ccc(CCNC(N)=NCc2cccc(NC(=O)CC(C)C)c2)cc1.I. The van der Waals surface area contributed by atoms with Gasteiger partial charge in [-0.2, -0.15) is 0 Å². The number of carbonyl (C=O) groups is 1. The van der Waals surface area contributed by atoms with E-state index in [1.165, 1.54) is 5.56 Å². The Balaban J connectivity index is 0.00000420. The predicted octanol–water partition coefficient (Wildman–Crippen LogP) is 3.94. The number of methoxy groups -OCH3 is 1. The van der Waals surface area contributed by atoms with Crippen LogP contribution >= 0.6 is 24.0 Å². The van der Waals surface area contributed by atoms with Gasteiger partial charge >= 0.3 is 0 Å². The number of amides is 1. The molecule has 0 saturated carbocycles. The number of hydrogen-bond acceptors (Lipinski definition) is 3. The Bertz CT molecular complexity index is 792. The molecular formula is C22H31IN4O2. The van der Waals surface area contributed by atoms with Gasteiger partial charge < -0.3 is 21.1 Å². The van der Waals surface area contributed by atoms with Crippen LogP contribution in [0, 0.1) is 5.92 Å². The molecule has 7 heteroatoms. The number of rotatable bonds is 9. The van der Waals surface area contributed by atoms with Crippen molar-refractivity contribution in [3.05, 3.63) is 59.7 Å². The average molecular weight is 510 g/mol. The number of carbonyl (C=O) groups excluding carboxylic acids is 1. The Labute approximate surface area is 190 Å². The van der Waals surface area contributed by atoms with Gasteiger partial charge in [0.1, 0.15) is 5.75 Å². The Hall–Kier alpha value is -2.29. The van der Waals surface area contributed by atoms with Gasteiger partial charge in [-0.05, 0) is 47.7 Å². The second kappa shape index (κ2) is 13.0. The lowest BCUT2D eigenvalue weighted by molar-refractivity contribution is -0.116. The molecule has 0 atom stereocenters. The highest BCUT2D eigenvalue weighted by molar-refractivity contribution is 14.0. The standard InChI is InChI=1S/C22H30N4O2.HI/c1-16(2)13-21(27)26-19-6-4-5-18(14-19)15-25-22(23)24-12-11-17-7-9-20(28-3)10-8-17;/h4-10,14,16H,11-13,15H2,1-3H3,(H,26,27)(H3,23,24,25);1H. The summed E-state index contributed by atoms with van der Waals surface area (Å²) in [6, 6.07) is 15.6. The van der Waals surface area contributed by atoms with E-state index < -0.39 is 0 Å². The van der Waals surface area contributed by atoms with Crippen LogP contribution in [0.4, 0.5) is 5.69 Å². The number of aliphatic imine (C=N–C) groups is 1. The van der Waals surface area contributed by atoms with Crippen LogP contribution in [-0.4, -0.2) is 25.5 Å². The van der Waals surface area contributed by atoms with E-state index in [1.807, 2.05) is 62.4 Å². The molecular weight excluding hydrogens is 479 g/mol. The van der Waals surface area contributed by atoms with Crippen LogP contribution in [0.3, 0.4) is 0 Å². The van der Waals surface area contributed by atoms with Crippen molar-refractivity contribution in [3.8, 4) is 5.75 Å². The van der Waals surface area contributed by atoms with Gasteiger partial charge in [-0.25, -0.2) is 4.99 Å². The summed E-state index contributed by atoms with van der Waals surface area (Å²) in [6.45, 7) is 5.20. The first-order valence-electron chi connectivity index (χ1n) is 9.51. The molecule has 0 unspecified atom stereocenters. The molecule has 2 aromatic rings. The van der Waals surface area contributed by atoms with Crippen LogP contribution in [0.1, 0.15) is 31.4 Å². The first kappa shape index (κ1) is 24.7. The summed E-state index contributed by atoms with van der Waals surface area (Å²) < 4.78 is 5.15. The minimum atomic E-state index is 0. The summed E-state index contributed by atoms with van der Waals surface area (Å²) >= 11 is 0. The Morgan fingerprint density at radius 3 is 2.52 bits per heavy atom. The molecule has 0 spiro atoms. The summed E-state index contributed by atoms with van der Waals surface area (Å²) in [6.07, 6.45) is 1.35. The zero-order valence-corrected chi connectivity index (χ0v) is 19.6. The minimum absolute atomic E-state index is 0. The molecule has 0 fully saturated rings. The summed E-state index contributed by atoms with van der Waals surface area (Å²) in [7, 11) is 1.66. The van der Waals surface area contributed by atoms with E-state index in [9.17, 15) is 4.79 Å². The smallest absolute Gasteiger partial charge is 0.224 e. The molecule has 0 saturated heterocycles. The number of halogens is 1. The maximum absolute atomic E-state index is 11.9. The Morgan fingerprint density at radius 1 is 1.14 bits per heavy atom. The first-order valence-corrected chi connectivity index (χ1v) is 9.51. The highest BCUT2D eigenvalue weighted by Gasteiger charge is 2.05. The number of benzene rings is 2. The van der Waals surface area contributed by atoms with Crippen molar-refractivity contribution in [3.63, 3.8) is 0 Å². The van der Waals surface area contributed by atoms with Crippen molar-refractivity contribution in [2.75, 3.05) is 19.0 Å². The zero-order valence-electron chi connectivity index (χ0n) is 17.3. The van der Waals surface area contributed by atoms with E-state index in [-0.39, 0.29) is 29.9 Å². The van der Waals surface area contributed by atoms with Gasteiger partial charge in [0.25, 0.3) is 0 Å². The molecule has 0 aromatic heterocycles. The lowest BCUT2D eigenvalue weighted by Crippen LogP contribution is -2.33. The first-order chi connectivity index (χ1) is 13.5. The number of ether oxygens (including phenoxy) is 1. The molecule has 6 nitrogen and oxygen atoms in total. The van der Waals surface area contributed by atoms with Crippen LogP contribution in [0.25, 0.3) is 0 Å². The van der Waals surface area contributed by atoms with E-state index in [0.29, 0.717) is 31.4 Å². The van der Waals surface area contributed by atoms with Crippen LogP contribution < -0.4 is 21.1 Å². The number of guanidine groups is 1. The summed E-state index contributed by atoms with van der Waals surface area (Å²) in [5, 5.41) is 6.04. The van der Waals surface area contributed by atoms with E-state index in [4.69, 9.17) is 10.5 Å². The average Bonchev–Trinajstić information content (AvgIpc) is 2.66. The van der Waals surface area contributed by atoms with E-state index >= 15 is 0 Å². The van der Waals surface area contributed by atoms with Crippen molar-refractivity contribution in [2.24, 2.45) is 16.6 Å². The molecule has 4 N–H and O–H groups in total. The second-order valence-corrected chi connectivity index (χ2v) is 7.07. The summed E-state index contributed by atoms with van der Waals surface area (Å²) in [5.41, 5.74) is 8.92. The molecule has 158 valence electrons. The minimum Gasteiger partial charge on any atom is -0.497 e. The number of nitrogens with zero attached hydrogens (tertiary/aromatic N) is 1. The van der Waals surface area contributed by atoms with Crippen LogP contribution in [-0.2, 0) is 17.8 Å². The number of anilines is 1. The second-order valence-electron chi connectivity index (χ2n) is 7.07. The molecule has 0 bridgehead atoms. The fourth-order valence-corrected chi connectivity index (χ4v) is 2.69. The van der Waals surface area contributed by atoms with Gasteiger partial charge in [-0.15, -0.1) is 24.0 Å². The molecule has 0 heterocycles. The molecule has 0 aliphatic rings. The topological polar surface area (TPSA) is 88.7 Å². The third kappa shape index (κ3) is 9.65. The van der Waals surface area contributed by atoms with Crippen molar-refractivity contribution in [1.82, 2.24) is 5.32 Å². The monoisotopic (exact) mass is 510 g/mol. The zero-order chi connectivity index (χ0) is 20.4. The summed E-state index contributed by atoms with van der Waals surface area (Å²) in [4.78, 5) is 16.3. The molecule has 29 heavy (non-hydrogen) atoms. The van der Waals surface area contributed by atoms with Crippen LogP contribution in [0.5, 0.6) is 5.75 Å². The lowest BCUT2D eigenvalue weighted by Gasteiger charge is -2.09. The van der Waals surface area contributed by atoms with Crippen molar-refractivity contribution < 1.29 is 9.53 Å². The lowest BCUT2D eigenvalue weighted by atomic mass is 10.1. The third-order valence-electron chi connectivity index (χ3n) is 4.12. The maximum Gasteiger partial charge on any atom is 0.224 e. The van der Waals surface area contributed by atoms with Gasteiger partial charge in [0.05, 0.1) is 13.7 Å². The third-order valence-corrected chi connectivity index (χ3v) is 4.12. The van der Waals surface area contributed by atoms with Gasteiger partial charge in [-0.3, -0.25) is 4.79 Å². The molecule has 0 aliphatic heterocycles. The van der Waals surface area contributed by atoms with Crippen molar-refractivity contribution in [2.45, 2.75) is 33.2 Å². The maximum atomic E-state index is 11.9. The van der Waals surface area contributed by atoms with Gasteiger partial charge in [0, 0.05) is 18.7 Å². The number of hydrogen-bond donors (Lipinski definition) is 3. The highest BCUT2D eigenvalue weighted by atomic mass is 127. The molecule has 1 amide bonds. The summed E-state index contributed by atoms with van der Waals surface area (Å²) in [5.74, 6) is 1.61. The normalized spacial score (nSPS) is 11.0. The van der Waals surface area contributed by atoms with E-state index in [2.05, 4.69) is 15.6 Å². The number of nitrogens with one attached hydrogen (secondary N) is 2. The highest BCUT2D eigenvalue weighted by Crippen LogP contribution is 2.13. The van der Waals surface area contributed by atoms with Crippen molar-refractivity contribution in [1.29, 1.82) is 0 Å². The van der Waals surface area contributed by atoms with Gasteiger partial charge in [0.15, 0.2) is 5.96 Å².